The van der Waals surface area contributed by atoms with Gasteiger partial charge in [-0.2, -0.15) is 0 Å². The van der Waals surface area contributed by atoms with Gasteiger partial charge in [-0.15, -0.1) is 0 Å². The van der Waals surface area contributed by atoms with Crippen LogP contribution in [0.2, 0.25) is 0 Å². The fourth-order valence-corrected chi connectivity index (χ4v) is 2.92. The molecule has 3 rings (SSSR count). The maximum Gasteiger partial charge on any atom is 0.279 e. The maximum absolute atomic E-state index is 13.0. The third-order valence-electron chi connectivity index (χ3n) is 3.99. The van der Waals surface area contributed by atoms with Gasteiger partial charge >= 0.3 is 0 Å². The molecule has 23 heavy (non-hydrogen) atoms. The lowest BCUT2D eigenvalue weighted by molar-refractivity contribution is 0.536. The molecule has 118 valence electrons. The van der Waals surface area contributed by atoms with Gasteiger partial charge in [0.15, 0.2) is 0 Å². The zero-order valence-electron chi connectivity index (χ0n) is 13.9. The van der Waals surface area contributed by atoms with Crippen molar-refractivity contribution in [2.75, 3.05) is 0 Å². The summed E-state index contributed by atoms with van der Waals surface area (Å²) >= 11 is 0. The van der Waals surface area contributed by atoms with Gasteiger partial charge in [-0.05, 0) is 43.5 Å². The van der Waals surface area contributed by atoms with Crippen molar-refractivity contribution in [3.8, 4) is 16.8 Å². The van der Waals surface area contributed by atoms with Crippen molar-refractivity contribution in [2.24, 2.45) is 0 Å². The van der Waals surface area contributed by atoms with Crippen LogP contribution in [-0.4, -0.2) is 9.36 Å². The molecule has 1 heterocycles. The molecule has 0 atom stereocenters. The molecule has 0 aliphatic heterocycles. The Morgan fingerprint density at radius 1 is 0.957 bits per heavy atom. The van der Waals surface area contributed by atoms with Crippen LogP contribution in [0.15, 0.2) is 59.5 Å². The third-order valence-corrected chi connectivity index (χ3v) is 3.99. The summed E-state index contributed by atoms with van der Waals surface area (Å²) in [5, 5.41) is 0. The van der Waals surface area contributed by atoms with E-state index in [1.165, 1.54) is 0 Å². The van der Waals surface area contributed by atoms with Crippen molar-refractivity contribution in [2.45, 2.75) is 33.7 Å². The van der Waals surface area contributed by atoms with Crippen molar-refractivity contribution >= 4 is 0 Å². The van der Waals surface area contributed by atoms with Crippen LogP contribution in [0.5, 0.6) is 0 Å². The third kappa shape index (κ3) is 3.00. The minimum atomic E-state index is 0.0367. The van der Waals surface area contributed by atoms with E-state index in [1.807, 2.05) is 67.2 Å². The summed E-state index contributed by atoms with van der Waals surface area (Å²) < 4.78 is 3.81. The van der Waals surface area contributed by atoms with Gasteiger partial charge in [-0.3, -0.25) is 9.48 Å². The molecule has 0 N–H and O–H groups in total. The van der Waals surface area contributed by atoms with Gasteiger partial charge in [-0.25, -0.2) is 4.68 Å². The SMILES string of the molecule is CCCn1cc(-c2cccc(C)c2)c(=O)n1-c1cccc(C)c1. The standard InChI is InChI=1S/C20H22N2O/c1-4-11-21-14-19(17-9-5-7-15(2)12-17)20(23)22(21)18-10-6-8-16(3)13-18/h5-10,12-14H,4,11H2,1-3H3. The van der Waals surface area contributed by atoms with Gasteiger partial charge in [0.2, 0.25) is 0 Å². The molecule has 0 fully saturated rings. The van der Waals surface area contributed by atoms with Gasteiger partial charge in [0, 0.05) is 12.7 Å². The van der Waals surface area contributed by atoms with E-state index < -0.39 is 0 Å². The van der Waals surface area contributed by atoms with Crippen molar-refractivity contribution in [1.82, 2.24) is 9.36 Å². The average molecular weight is 306 g/mol. The number of nitrogens with zero attached hydrogens (tertiary/aromatic N) is 2. The molecule has 3 heteroatoms. The molecular formula is C20H22N2O. The fraction of sp³-hybridized carbons (Fsp3) is 0.250. The van der Waals surface area contributed by atoms with Gasteiger partial charge in [0.25, 0.3) is 5.56 Å². The van der Waals surface area contributed by atoms with Crippen molar-refractivity contribution in [1.29, 1.82) is 0 Å². The van der Waals surface area contributed by atoms with E-state index in [2.05, 4.69) is 13.0 Å². The average Bonchev–Trinajstić information content (AvgIpc) is 2.84. The van der Waals surface area contributed by atoms with Gasteiger partial charge < -0.3 is 0 Å². The Bertz CT molecular complexity index is 887. The van der Waals surface area contributed by atoms with Crippen LogP contribution in [0, 0.1) is 13.8 Å². The minimum Gasteiger partial charge on any atom is -0.285 e. The normalized spacial score (nSPS) is 10.9. The first-order valence-electron chi connectivity index (χ1n) is 8.06. The Morgan fingerprint density at radius 2 is 1.65 bits per heavy atom. The van der Waals surface area contributed by atoms with Gasteiger partial charge in [0.1, 0.15) is 0 Å². The Morgan fingerprint density at radius 3 is 2.30 bits per heavy atom. The van der Waals surface area contributed by atoms with Crippen molar-refractivity contribution < 1.29 is 0 Å². The topological polar surface area (TPSA) is 26.9 Å². The molecule has 0 saturated heterocycles. The summed E-state index contributed by atoms with van der Waals surface area (Å²) in [6.45, 7) is 7.03. The van der Waals surface area contributed by atoms with E-state index >= 15 is 0 Å². The lowest BCUT2D eigenvalue weighted by Crippen LogP contribution is -2.21. The molecule has 3 aromatic rings. The van der Waals surface area contributed by atoms with Crippen molar-refractivity contribution in [3.05, 3.63) is 76.2 Å². The first-order valence-corrected chi connectivity index (χ1v) is 8.06. The van der Waals surface area contributed by atoms with E-state index in [4.69, 9.17) is 0 Å². The highest BCUT2D eigenvalue weighted by Crippen LogP contribution is 2.19. The van der Waals surface area contributed by atoms with Crippen LogP contribution < -0.4 is 5.56 Å². The highest BCUT2D eigenvalue weighted by Gasteiger charge is 2.14. The number of benzene rings is 2. The van der Waals surface area contributed by atoms with E-state index in [-0.39, 0.29) is 5.56 Å². The number of hydrogen-bond acceptors (Lipinski definition) is 1. The van der Waals surface area contributed by atoms with Crippen molar-refractivity contribution in [3.63, 3.8) is 0 Å². The fourth-order valence-electron chi connectivity index (χ4n) is 2.92. The van der Waals surface area contributed by atoms with Crippen LogP contribution in [-0.2, 0) is 6.54 Å². The smallest absolute Gasteiger partial charge is 0.279 e. The zero-order valence-corrected chi connectivity index (χ0v) is 13.9. The van der Waals surface area contributed by atoms with E-state index in [9.17, 15) is 4.79 Å². The molecule has 0 aliphatic rings. The van der Waals surface area contributed by atoms with Crippen LogP contribution in [0.4, 0.5) is 0 Å². The molecule has 0 unspecified atom stereocenters. The lowest BCUT2D eigenvalue weighted by Gasteiger charge is -2.10. The lowest BCUT2D eigenvalue weighted by atomic mass is 10.1. The summed E-state index contributed by atoms with van der Waals surface area (Å²) in [6.07, 6.45) is 2.95. The van der Waals surface area contributed by atoms with E-state index in [1.54, 1.807) is 4.68 Å². The minimum absolute atomic E-state index is 0.0367. The number of aryl methyl sites for hydroxylation is 3. The molecule has 2 aromatic carbocycles. The summed E-state index contributed by atoms with van der Waals surface area (Å²) in [5.74, 6) is 0. The van der Waals surface area contributed by atoms with Crippen LogP contribution in [0.25, 0.3) is 16.8 Å². The number of hydrogen-bond donors (Lipinski definition) is 0. The molecule has 1 aromatic heterocycles. The number of aromatic nitrogens is 2. The molecule has 0 bridgehead atoms. The highest BCUT2D eigenvalue weighted by molar-refractivity contribution is 5.63. The molecule has 0 spiro atoms. The summed E-state index contributed by atoms with van der Waals surface area (Å²) in [5.41, 5.74) is 5.00. The summed E-state index contributed by atoms with van der Waals surface area (Å²) in [7, 11) is 0. The monoisotopic (exact) mass is 306 g/mol. The van der Waals surface area contributed by atoms with Crippen LogP contribution in [0.3, 0.4) is 0 Å². The second-order valence-corrected chi connectivity index (χ2v) is 6.03. The highest BCUT2D eigenvalue weighted by atomic mass is 16.1. The Labute approximate surface area is 136 Å². The Balaban J connectivity index is 2.21. The first-order chi connectivity index (χ1) is 11.1. The zero-order chi connectivity index (χ0) is 16.4. The molecule has 3 nitrogen and oxygen atoms in total. The molecule has 0 saturated carbocycles. The Kier molecular flexibility index (Phi) is 4.20. The number of rotatable bonds is 4. The molecule has 0 amide bonds. The summed E-state index contributed by atoms with van der Waals surface area (Å²) in [6, 6.07) is 16.2. The largest absolute Gasteiger partial charge is 0.285 e. The van der Waals surface area contributed by atoms with Crippen LogP contribution in [0.1, 0.15) is 24.5 Å². The van der Waals surface area contributed by atoms with Crippen LogP contribution >= 0.6 is 0 Å². The summed E-state index contributed by atoms with van der Waals surface area (Å²) in [4.78, 5) is 13.0. The molecule has 0 radical (unpaired) electrons. The van der Waals surface area contributed by atoms with Gasteiger partial charge in [-0.1, -0.05) is 48.9 Å². The first kappa shape index (κ1) is 15.3. The molecule has 0 aliphatic carbocycles. The quantitative estimate of drug-likeness (QED) is 0.704. The predicted octanol–water partition coefficient (Wildman–Crippen LogP) is 4.33. The van der Waals surface area contributed by atoms with E-state index in [0.717, 1.165) is 40.9 Å². The molecular weight excluding hydrogens is 284 g/mol. The second-order valence-electron chi connectivity index (χ2n) is 6.03. The van der Waals surface area contributed by atoms with Gasteiger partial charge in [0.05, 0.1) is 11.3 Å². The maximum atomic E-state index is 13.0. The second kappa shape index (κ2) is 6.29. The Hall–Kier alpha value is -2.55. The van der Waals surface area contributed by atoms with E-state index in [0.29, 0.717) is 0 Å². The predicted molar refractivity (Wildman–Crippen MR) is 95.2 cm³/mol.